The lowest BCUT2D eigenvalue weighted by atomic mass is 10.1. The lowest BCUT2D eigenvalue weighted by Crippen LogP contribution is -2.27. The second kappa shape index (κ2) is 5.49. The molecule has 1 unspecified atom stereocenters. The molecule has 0 bridgehead atoms. The van der Waals surface area contributed by atoms with Gasteiger partial charge in [0.25, 0.3) is 0 Å². The minimum Gasteiger partial charge on any atom is -0.373 e. The van der Waals surface area contributed by atoms with Gasteiger partial charge in [0.1, 0.15) is 5.82 Å². The van der Waals surface area contributed by atoms with Gasteiger partial charge in [-0.1, -0.05) is 25.5 Å². The molecule has 1 aromatic rings. The first-order valence-electron chi connectivity index (χ1n) is 5.16. The van der Waals surface area contributed by atoms with Crippen LogP contribution in [0.15, 0.2) is 24.3 Å². The van der Waals surface area contributed by atoms with Gasteiger partial charge in [0.2, 0.25) is 0 Å². The van der Waals surface area contributed by atoms with Gasteiger partial charge in [0.05, 0.1) is 11.7 Å². The molecule has 0 saturated carbocycles. The highest BCUT2D eigenvalue weighted by Crippen LogP contribution is 2.15. The van der Waals surface area contributed by atoms with Gasteiger partial charge in [-0.25, -0.2) is 4.39 Å². The second-order valence-electron chi connectivity index (χ2n) is 3.58. The number of hydrogen-bond donors (Lipinski definition) is 1. The first-order chi connectivity index (χ1) is 7.15. The number of halogens is 1. The van der Waals surface area contributed by atoms with Crippen molar-refractivity contribution in [2.24, 2.45) is 0 Å². The quantitative estimate of drug-likeness (QED) is 0.807. The van der Waals surface area contributed by atoms with Crippen molar-refractivity contribution in [3.63, 3.8) is 0 Å². The van der Waals surface area contributed by atoms with Crippen LogP contribution in [0.4, 0.5) is 10.1 Å². The molecule has 0 aromatic heterocycles. The summed E-state index contributed by atoms with van der Waals surface area (Å²) in [6, 6.07) is 6.11. The van der Waals surface area contributed by atoms with Crippen LogP contribution in [0.3, 0.4) is 0 Å². The molecule has 1 N–H and O–H groups in total. The van der Waals surface area contributed by atoms with Crippen LogP contribution in [0.5, 0.6) is 0 Å². The molecule has 0 spiro atoms. The van der Waals surface area contributed by atoms with E-state index in [4.69, 9.17) is 0 Å². The molecule has 0 fully saturated rings. The molecule has 1 aromatic carbocycles. The van der Waals surface area contributed by atoms with E-state index in [0.29, 0.717) is 5.69 Å². The zero-order valence-corrected chi connectivity index (χ0v) is 9.09. The molecule has 0 amide bonds. The third kappa shape index (κ3) is 3.35. The number of hydrogen-bond acceptors (Lipinski definition) is 2. The normalized spacial score (nSPS) is 12.2. The largest absolute Gasteiger partial charge is 0.373 e. The Bertz CT molecular complexity index is 338. The maximum atomic E-state index is 13.3. The van der Waals surface area contributed by atoms with Crippen LogP contribution in [0, 0.1) is 5.82 Å². The van der Waals surface area contributed by atoms with Crippen molar-refractivity contribution in [3.05, 3.63) is 30.1 Å². The molecule has 0 heterocycles. The van der Waals surface area contributed by atoms with Crippen LogP contribution < -0.4 is 5.32 Å². The average Bonchev–Trinajstić information content (AvgIpc) is 2.20. The predicted octanol–water partition coefficient (Wildman–Crippen LogP) is 3.00. The Balaban J connectivity index is 2.74. The van der Waals surface area contributed by atoms with Crippen LogP contribution in [-0.2, 0) is 4.79 Å². The van der Waals surface area contributed by atoms with Gasteiger partial charge in [0.15, 0.2) is 5.78 Å². The van der Waals surface area contributed by atoms with E-state index >= 15 is 0 Å². The fraction of sp³-hybridized carbons (Fsp3) is 0.417. The third-order valence-corrected chi connectivity index (χ3v) is 2.27. The first-order valence-corrected chi connectivity index (χ1v) is 5.16. The van der Waals surface area contributed by atoms with Crippen LogP contribution in [-0.4, -0.2) is 11.8 Å². The number of benzene rings is 1. The fourth-order valence-corrected chi connectivity index (χ4v) is 1.43. The summed E-state index contributed by atoms with van der Waals surface area (Å²) in [5, 5.41) is 2.92. The molecule has 1 atom stereocenters. The van der Waals surface area contributed by atoms with E-state index in [-0.39, 0.29) is 17.6 Å². The van der Waals surface area contributed by atoms with Crippen molar-refractivity contribution in [1.82, 2.24) is 0 Å². The summed E-state index contributed by atoms with van der Waals surface area (Å²) >= 11 is 0. The smallest absolute Gasteiger partial charge is 0.151 e. The Morgan fingerprint density at radius 1 is 1.47 bits per heavy atom. The number of ketones is 1. The summed E-state index contributed by atoms with van der Waals surface area (Å²) in [6.07, 6.45) is 1.62. The van der Waals surface area contributed by atoms with Crippen molar-refractivity contribution < 1.29 is 9.18 Å². The number of anilines is 1. The first kappa shape index (κ1) is 11.7. The van der Waals surface area contributed by atoms with Gasteiger partial charge in [-0.05, 0) is 25.5 Å². The summed E-state index contributed by atoms with van der Waals surface area (Å²) in [5.74, 6) is -0.278. The monoisotopic (exact) mass is 209 g/mol. The highest BCUT2D eigenvalue weighted by molar-refractivity contribution is 5.84. The van der Waals surface area contributed by atoms with Crippen LogP contribution in [0.1, 0.15) is 26.7 Å². The van der Waals surface area contributed by atoms with E-state index in [1.54, 1.807) is 18.2 Å². The lowest BCUT2D eigenvalue weighted by Gasteiger charge is -2.16. The molecular formula is C12H16FNO. The standard InChI is InChI=1S/C12H16FNO/c1-3-6-11(9(2)15)14-12-8-5-4-7-10(12)13/h4-5,7-8,11,14H,3,6H2,1-2H3. The number of carbonyl (C=O) groups excluding carboxylic acids is 1. The number of nitrogens with one attached hydrogen (secondary N) is 1. The molecule has 0 aliphatic heterocycles. The molecule has 2 nitrogen and oxygen atoms in total. The maximum absolute atomic E-state index is 13.3. The van der Waals surface area contributed by atoms with Crippen LogP contribution >= 0.6 is 0 Å². The Morgan fingerprint density at radius 3 is 2.67 bits per heavy atom. The topological polar surface area (TPSA) is 29.1 Å². The van der Waals surface area contributed by atoms with E-state index in [2.05, 4.69) is 5.32 Å². The summed E-state index contributed by atoms with van der Waals surface area (Å²) in [4.78, 5) is 11.3. The molecule has 0 aliphatic carbocycles. The van der Waals surface area contributed by atoms with Crippen molar-refractivity contribution in [2.75, 3.05) is 5.32 Å². The number of carbonyl (C=O) groups is 1. The molecule has 82 valence electrons. The van der Waals surface area contributed by atoms with Gasteiger partial charge >= 0.3 is 0 Å². The van der Waals surface area contributed by atoms with E-state index in [1.165, 1.54) is 13.0 Å². The Morgan fingerprint density at radius 2 is 2.13 bits per heavy atom. The zero-order valence-electron chi connectivity index (χ0n) is 9.09. The SMILES string of the molecule is CCCC(Nc1ccccc1F)C(C)=O. The van der Waals surface area contributed by atoms with Gasteiger partial charge < -0.3 is 5.32 Å². The maximum Gasteiger partial charge on any atom is 0.151 e. The molecule has 0 aliphatic rings. The van der Waals surface area contributed by atoms with Crippen molar-refractivity contribution in [2.45, 2.75) is 32.7 Å². The molecular weight excluding hydrogens is 193 g/mol. The van der Waals surface area contributed by atoms with Crippen molar-refractivity contribution in [1.29, 1.82) is 0 Å². The minimum atomic E-state index is -0.320. The highest BCUT2D eigenvalue weighted by atomic mass is 19.1. The van der Waals surface area contributed by atoms with Gasteiger partial charge in [-0.15, -0.1) is 0 Å². The summed E-state index contributed by atoms with van der Waals surface area (Å²) in [6.45, 7) is 3.52. The summed E-state index contributed by atoms with van der Waals surface area (Å²) < 4.78 is 13.3. The van der Waals surface area contributed by atoms with Gasteiger partial charge in [0, 0.05) is 0 Å². The molecule has 0 radical (unpaired) electrons. The Labute approximate surface area is 89.5 Å². The van der Waals surface area contributed by atoms with Gasteiger partial charge in [-0.2, -0.15) is 0 Å². The van der Waals surface area contributed by atoms with Crippen LogP contribution in [0.25, 0.3) is 0 Å². The molecule has 3 heteroatoms. The summed E-state index contributed by atoms with van der Waals surface area (Å²) in [5.41, 5.74) is 0.395. The minimum absolute atomic E-state index is 0.0418. The number of rotatable bonds is 5. The molecule has 1 rings (SSSR count). The fourth-order valence-electron chi connectivity index (χ4n) is 1.43. The lowest BCUT2D eigenvalue weighted by molar-refractivity contribution is -0.117. The van der Waals surface area contributed by atoms with Crippen molar-refractivity contribution >= 4 is 11.5 Å². The molecule has 0 saturated heterocycles. The van der Waals surface area contributed by atoms with E-state index in [9.17, 15) is 9.18 Å². The average molecular weight is 209 g/mol. The van der Waals surface area contributed by atoms with E-state index in [1.807, 2.05) is 6.92 Å². The van der Waals surface area contributed by atoms with Crippen LogP contribution in [0.2, 0.25) is 0 Å². The Hall–Kier alpha value is -1.38. The highest BCUT2D eigenvalue weighted by Gasteiger charge is 2.13. The number of para-hydroxylation sites is 1. The third-order valence-electron chi connectivity index (χ3n) is 2.27. The summed E-state index contributed by atoms with van der Waals surface area (Å²) in [7, 11) is 0. The van der Waals surface area contributed by atoms with E-state index in [0.717, 1.165) is 12.8 Å². The predicted molar refractivity (Wildman–Crippen MR) is 59.4 cm³/mol. The van der Waals surface area contributed by atoms with Gasteiger partial charge in [-0.3, -0.25) is 4.79 Å². The molecule has 15 heavy (non-hydrogen) atoms. The van der Waals surface area contributed by atoms with Crippen molar-refractivity contribution in [3.8, 4) is 0 Å². The van der Waals surface area contributed by atoms with E-state index < -0.39 is 0 Å². The zero-order chi connectivity index (χ0) is 11.3. The Kier molecular flexibility index (Phi) is 4.28. The number of Topliss-reactive ketones (excluding diaryl/α,β-unsaturated/α-hetero) is 1. The second-order valence-corrected chi connectivity index (χ2v) is 3.58.